The Labute approximate surface area is 107 Å². The molecular formula is C15H17FN2. The SMILES string of the molecule is CCc1ccc(Nc2cccc(F)c2CN)cc1. The zero-order valence-corrected chi connectivity index (χ0v) is 10.4. The molecule has 0 saturated carbocycles. The van der Waals surface area contributed by atoms with E-state index in [0.29, 0.717) is 5.56 Å². The highest BCUT2D eigenvalue weighted by Gasteiger charge is 2.06. The Hall–Kier alpha value is -1.87. The molecule has 0 radical (unpaired) electrons. The van der Waals surface area contributed by atoms with Crippen molar-refractivity contribution in [2.24, 2.45) is 5.73 Å². The lowest BCUT2D eigenvalue weighted by Crippen LogP contribution is -2.04. The van der Waals surface area contributed by atoms with E-state index in [1.165, 1.54) is 11.6 Å². The van der Waals surface area contributed by atoms with Crippen molar-refractivity contribution in [3.63, 3.8) is 0 Å². The van der Waals surface area contributed by atoms with Crippen LogP contribution in [0.25, 0.3) is 0 Å². The van der Waals surface area contributed by atoms with Gasteiger partial charge < -0.3 is 11.1 Å². The molecule has 18 heavy (non-hydrogen) atoms. The molecule has 0 aliphatic rings. The van der Waals surface area contributed by atoms with E-state index >= 15 is 0 Å². The van der Waals surface area contributed by atoms with Crippen molar-refractivity contribution in [2.75, 3.05) is 5.32 Å². The molecule has 3 N–H and O–H groups in total. The van der Waals surface area contributed by atoms with Crippen LogP contribution in [-0.2, 0) is 13.0 Å². The normalized spacial score (nSPS) is 10.4. The van der Waals surface area contributed by atoms with E-state index < -0.39 is 0 Å². The number of rotatable bonds is 4. The number of nitrogens with two attached hydrogens (primary N) is 1. The molecule has 2 rings (SSSR count). The molecule has 0 aromatic heterocycles. The number of anilines is 2. The van der Waals surface area contributed by atoms with Crippen LogP contribution in [0.3, 0.4) is 0 Å². The lowest BCUT2D eigenvalue weighted by Gasteiger charge is -2.12. The number of hydrogen-bond acceptors (Lipinski definition) is 2. The second kappa shape index (κ2) is 5.65. The average Bonchev–Trinajstić information content (AvgIpc) is 2.40. The van der Waals surface area contributed by atoms with Gasteiger partial charge in [-0.25, -0.2) is 4.39 Å². The summed E-state index contributed by atoms with van der Waals surface area (Å²) in [5, 5.41) is 3.20. The third-order valence-corrected chi connectivity index (χ3v) is 2.96. The minimum atomic E-state index is -0.271. The fourth-order valence-corrected chi connectivity index (χ4v) is 1.86. The largest absolute Gasteiger partial charge is 0.355 e. The summed E-state index contributed by atoms with van der Waals surface area (Å²) < 4.78 is 13.6. The highest BCUT2D eigenvalue weighted by Crippen LogP contribution is 2.23. The molecular weight excluding hydrogens is 227 g/mol. The summed E-state index contributed by atoms with van der Waals surface area (Å²) in [6.07, 6.45) is 1.01. The second-order valence-electron chi connectivity index (χ2n) is 4.15. The molecule has 0 heterocycles. The zero-order valence-electron chi connectivity index (χ0n) is 10.4. The predicted octanol–water partition coefficient (Wildman–Crippen LogP) is 3.59. The minimum absolute atomic E-state index is 0.183. The summed E-state index contributed by atoms with van der Waals surface area (Å²) in [5.74, 6) is -0.271. The quantitative estimate of drug-likeness (QED) is 0.862. The van der Waals surface area contributed by atoms with Crippen molar-refractivity contribution >= 4 is 11.4 Å². The van der Waals surface area contributed by atoms with Gasteiger partial charge in [-0.2, -0.15) is 0 Å². The summed E-state index contributed by atoms with van der Waals surface area (Å²) in [7, 11) is 0. The maximum Gasteiger partial charge on any atom is 0.129 e. The van der Waals surface area contributed by atoms with Crippen LogP contribution in [0.1, 0.15) is 18.1 Å². The maximum atomic E-state index is 13.6. The summed E-state index contributed by atoms with van der Waals surface area (Å²) in [6.45, 7) is 2.30. The predicted molar refractivity (Wildman–Crippen MR) is 73.4 cm³/mol. The number of aryl methyl sites for hydroxylation is 1. The van der Waals surface area contributed by atoms with Crippen molar-refractivity contribution in [2.45, 2.75) is 19.9 Å². The molecule has 0 spiro atoms. The van der Waals surface area contributed by atoms with Gasteiger partial charge in [0.25, 0.3) is 0 Å². The highest BCUT2D eigenvalue weighted by atomic mass is 19.1. The third-order valence-electron chi connectivity index (χ3n) is 2.96. The number of nitrogens with one attached hydrogen (secondary N) is 1. The van der Waals surface area contributed by atoms with Crippen LogP contribution in [0, 0.1) is 5.82 Å². The van der Waals surface area contributed by atoms with Gasteiger partial charge in [0.05, 0.1) is 0 Å². The molecule has 0 bridgehead atoms. The Morgan fingerprint density at radius 3 is 2.44 bits per heavy atom. The molecule has 2 nitrogen and oxygen atoms in total. The Morgan fingerprint density at radius 1 is 1.11 bits per heavy atom. The molecule has 0 saturated heterocycles. The molecule has 0 unspecified atom stereocenters. The fraction of sp³-hybridized carbons (Fsp3) is 0.200. The summed E-state index contributed by atoms with van der Waals surface area (Å²) >= 11 is 0. The van der Waals surface area contributed by atoms with Crippen LogP contribution in [0.2, 0.25) is 0 Å². The lowest BCUT2D eigenvalue weighted by atomic mass is 10.1. The van der Waals surface area contributed by atoms with E-state index in [2.05, 4.69) is 24.4 Å². The van der Waals surface area contributed by atoms with Crippen LogP contribution in [0.4, 0.5) is 15.8 Å². The van der Waals surface area contributed by atoms with Crippen molar-refractivity contribution in [3.8, 4) is 0 Å². The van der Waals surface area contributed by atoms with Crippen molar-refractivity contribution < 1.29 is 4.39 Å². The zero-order chi connectivity index (χ0) is 13.0. The molecule has 0 amide bonds. The first-order valence-corrected chi connectivity index (χ1v) is 6.08. The molecule has 94 valence electrons. The molecule has 0 fully saturated rings. The first-order valence-electron chi connectivity index (χ1n) is 6.08. The first kappa shape index (κ1) is 12.6. The van der Waals surface area contributed by atoms with E-state index in [-0.39, 0.29) is 12.4 Å². The summed E-state index contributed by atoms with van der Waals surface area (Å²) in [5.41, 5.74) is 9.02. The van der Waals surface area contributed by atoms with Gasteiger partial charge in [-0.15, -0.1) is 0 Å². The standard InChI is InChI=1S/C15H17FN2/c1-2-11-6-8-12(9-7-11)18-15-5-3-4-14(16)13(15)10-17/h3-9,18H,2,10,17H2,1H3. The maximum absolute atomic E-state index is 13.6. The second-order valence-corrected chi connectivity index (χ2v) is 4.15. The molecule has 2 aromatic rings. The fourth-order valence-electron chi connectivity index (χ4n) is 1.86. The van der Waals surface area contributed by atoms with Gasteiger partial charge in [0.2, 0.25) is 0 Å². The van der Waals surface area contributed by atoms with Gasteiger partial charge in [0.1, 0.15) is 5.82 Å². The summed E-state index contributed by atoms with van der Waals surface area (Å²) in [6, 6.07) is 13.0. The van der Waals surface area contributed by atoms with E-state index in [1.54, 1.807) is 6.07 Å². The highest BCUT2D eigenvalue weighted by molar-refractivity contribution is 5.63. The topological polar surface area (TPSA) is 38.0 Å². The van der Waals surface area contributed by atoms with Crippen molar-refractivity contribution in [1.82, 2.24) is 0 Å². The summed E-state index contributed by atoms with van der Waals surface area (Å²) in [4.78, 5) is 0. The van der Waals surface area contributed by atoms with Gasteiger partial charge in [-0.05, 0) is 36.2 Å². The minimum Gasteiger partial charge on any atom is -0.355 e. The van der Waals surface area contributed by atoms with E-state index in [1.807, 2.05) is 18.2 Å². The Bertz CT molecular complexity index is 521. The van der Waals surface area contributed by atoms with Crippen LogP contribution >= 0.6 is 0 Å². The Balaban J connectivity index is 2.25. The molecule has 2 aromatic carbocycles. The van der Waals surface area contributed by atoms with E-state index in [9.17, 15) is 4.39 Å². The Morgan fingerprint density at radius 2 is 1.83 bits per heavy atom. The van der Waals surface area contributed by atoms with Gasteiger partial charge in [-0.1, -0.05) is 25.1 Å². The van der Waals surface area contributed by atoms with Crippen molar-refractivity contribution in [3.05, 3.63) is 59.4 Å². The first-order chi connectivity index (χ1) is 8.74. The van der Waals surface area contributed by atoms with Crippen LogP contribution in [-0.4, -0.2) is 0 Å². The van der Waals surface area contributed by atoms with Gasteiger partial charge in [0, 0.05) is 23.5 Å². The Kier molecular flexibility index (Phi) is 3.95. The lowest BCUT2D eigenvalue weighted by molar-refractivity contribution is 0.611. The molecule has 3 heteroatoms. The molecule has 0 atom stereocenters. The number of halogens is 1. The van der Waals surface area contributed by atoms with Crippen LogP contribution in [0.5, 0.6) is 0 Å². The van der Waals surface area contributed by atoms with Crippen LogP contribution < -0.4 is 11.1 Å². The average molecular weight is 244 g/mol. The number of benzene rings is 2. The monoisotopic (exact) mass is 244 g/mol. The van der Waals surface area contributed by atoms with Crippen molar-refractivity contribution in [1.29, 1.82) is 0 Å². The van der Waals surface area contributed by atoms with Gasteiger partial charge >= 0.3 is 0 Å². The van der Waals surface area contributed by atoms with Crippen LogP contribution in [0.15, 0.2) is 42.5 Å². The van der Waals surface area contributed by atoms with E-state index in [0.717, 1.165) is 17.8 Å². The smallest absolute Gasteiger partial charge is 0.129 e. The molecule has 0 aliphatic heterocycles. The number of hydrogen-bond donors (Lipinski definition) is 2. The van der Waals surface area contributed by atoms with Gasteiger partial charge in [-0.3, -0.25) is 0 Å². The van der Waals surface area contributed by atoms with Gasteiger partial charge in [0.15, 0.2) is 0 Å². The molecule has 0 aliphatic carbocycles. The third kappa shape index (κ3) is 2.68. The van der Waals surface area contributed by atoms with E-state index in [4.69, 9.17) is 5.73 Å².